The van der Waals surface area contributed by atoms with E-state index < -0.39 is 0 Å². The largest absolute Gasteiger partial charge is 0.374 e. The molecule has 2 aromatic rings. The summed E-state index contributed by atoms with van der Waals surface area (Å²) in [7, 11) is 1.68. The van der Waals surface area contributed by atoms with Crippen LogP contribution in [0.3, 0.4) is 0 Å². The molecule has 1 heterocycles. The molecule has 3 rings (SSSR count). The monoisotopic (exact) mass is 342 g/mol. The quantitative estimate of drug-likeness (QED) is 0.692. The zero-order chi connectivity index (χ0) is 17.3. The molecule has 0 bridgehead atoms. The van der Waals surface area contributed by atoms with Crippen LogP contribution in [0.15, 0.2) is 60.7 Å². The van der Waals surface area contributed by atoms with Crippen LogP contribution in [0.2, 0.25) is 0 Å². The van der Waals surface area contributed by atoms with Crippen molar-refractivity contribution in [3.63, 3.8) is 0 Å². The third kappa shape index (κ3) is 5.65. The van der Waals surface area contributed by atoms with Crippen LogP contribution in [0, 0.1) is 0 Å². The van der Waals surface area contributed by atoms with Crippen LogP contribution in [0.5, 0.6) is 0 Å². The van der Waals surface area contributed by atoms with Gasteiger partial charge in [0.2, 0.25) is 0 Å². The van der Waals surface area contributed by atoms with Gasteiger partial charge in [-0.1, -0.05) is 60.7 Å². The van der Waals surface area contributed by atoms with Gasteiger partial charge >= 0.3 is 0 Å². The zero-order valence-electron chi connectivity index (χ0n) is 14.7. The number of rotatable bonds is 9. The molecule has 0 N–H and O–H groups in total. The third-order valence-electron chi connectivity index (χ3n) is 4.39. The second kappa shape index (κ2) is 9.68. The molecule has 1 saturated heterocycles. The Morgan fingerprint density at radius 1 is 0.920 bits per heavy atom. The smallest absolute Gasteiger partial charge is 0.157 e. The lowest BCUT2D eigenvalue weighted by atomic mass is 10.1. The van der Waals surface area contributed by atoms with Gasteiger partial charge < -0.3 is 18.9 Å². The number of benzene rings is 2. The van der Waals surface area contributed by atoms with E-state index in [-0.39, 0.29) is 18.5 Å². The number of methoxy groups -OCH3 is 1. The van der Waals surface area contributed by atoms with Crippen LogP contribution < -0.4 is 0 Å². The fraction of sp³-hybridized carbons (Fsp3) is 0.429. The summed E-state index contributed by atoms with van der Waals surface area (Å²) in [5, 5.41) is 0. The Morgan fingerprint density at radius 2 is 1.56 bits per heavy atom. The van der Waals surface area contributed by atoms with E-state index in [1.165, 1.54) is 0 Å². The summed E-state index contributed by atoms with van der Waals surface area (Å²) in [6.07, 6.45) is 1.58. The van der Waals surface area contributed by atoms with Crippen molar-refractivity contribution in [2.45, 2.75) is 44.6 Å². The highest BCUT2D eigenvalue weighted by Crippen LogP contribution is 2.25. The van der Waals surface area contributed by atoms with E-state index >= 15 is 0 Å². The van der Waals surface area contributed by atoms with Crippen molar-refractivity contribution in [2.24, 2.45) is 0 Å². The molecule has 0 aliphatic carbocycles. The van der Waals surface area contributed by atoms with E-state index in [9.17, 15) is 0 Å². The fourth-order valence-corrected chi connectivity index (χ4v) is 2.99. The molecule has 0 saturated carbocycles. The minimum absolute atomic E-state index is 0.00411. The van der Waals surface area contributed by atoms with Gasteiger partial charge in [-0.2, -0.15) is 0 Å². The van der Waals surface area contributed by atoms with Crippen molar-refractivity contribution in [3.05, 3.63) is 71.8 Å². The summed E-state index contributed by atoms with van der Waals surface area (Å²) in [5.74, 6) is 0. The van der Waals surface area contributed by atoms with Gasteiger partial charge in [-0.3, -0.25) is 0 Å². The topological polar surface area (TPSA) is 36.9 Å². The van der Waals surface area contributed by atoms with Gasteiger partial charge in [0, 0.05) is 13.5 Å². The Bertz CT molecular complexity index is 602. The van der Waals surface area contributed by atoms with Gasteiger partial charge in [0.15, 0.2) is 6.29 Å². The SMILES string of the molecule is CO[C@@H]1CC[C@@H](C(COCc2ccccc2)OCc2ccccc2)O1. The van der Waals surface area contributed by atoms with Gasteiger partial charge in [0.05, 0.1) is 25.9 Å². The molecule has 4 nitrogen and oxygen atoms in total. The maximum absolute atomic E-state index is 6.14. The average molecular weight is 342 g/mol. The first-order valence-electron chi connectivity index (χ1n) is 8.80. The Labute approximate surface area is 149 Å². The van der Waals surface area contributed by atoms with Crippen molar-refractivity contribution >= 4 is 0 Å². The van der Waals surface area contributed by atoms with Crippen molar-refractivity contribution < 1.29 is 18.9 Å². The molecule has 134 valence electrons. The van der Waals surface area contributed by atoms with Crippen LogP contribution in [-0.4, -0.2) is 32.2 Å². The molecule has 0 radical (unpaired) electrons. The lowest BCUT2D eigenvalue weighted by molar-refractivity contribution is -0.162. The summed E-state index contributed by atoms with van der Waals surface area (Å²) in [5.41, 5.74) is 2.31. The van der Waals surface area contributed by atoms with Crippen LogP contribution in [-0.2, 0) is 32.2 Å². The molecule has 1 unspecified atom stereocenters. The molecular formula is C21H26O4. The highest BCUT2D eigenvalue weighted by atomic mass is 16.7. The third-order valence-corrected chi connectivity index (χ3v) is 4.39. The van der Waals surface area contributed by atoms with Crippen LogP contribution in [0.1, 0.15) is 24.0 Å². The molecule has 0 amide bonds. The lowest BCUT2D eigenvalue weighted by Crippen LogP contribution is -2.34. The summed E-state index contributed by atoms with van der Waals surface area (Å²) in [4.78, 5) is 0. The molecule has 1 fully saturated rings. The minimum Gasteiger partial charge on any atom is -0.374 e. The molecule has 25 heavy (non-hydrogen) atoms. The minimum atomic E-state index is -0.137. The standard InChI is InChI=1S/C21H26O4/c1-22-21-13-12-19(25-21)20(24-15-18-10-6-3-7-11-18)16-23-14-17-8-4-2-5-9-17/h2-11,19-21H,12-16H2,1H3/t19-,20?,21-/m0/s1. The average Bonchev–Trinajstić information content (AvgIpc) is 3.15. The lowest BCUT2D eigenvalue weighted by Gasteiger charge is -2.24. The maximum Gasteiger partial charge on any atom is 0.157 e. The number of hydrogen-bond acceptors (Lipinski definition) is 4. The van der Waals surface area contributed by atoms with Crippen LogP contribution in [0.25, 0.3) is 0 Å². The van der Waals surface area contributed by atoms with Gasteiger partial charge in [-0.25, -0.2) is 0 Å². The van der Waals surface area contributed by atoms with Crippen molar-refractivity contribution in [3.8, 4) is 0 Å². The van der Waals surface area contributed by atoms with Gasteiger partial charge in [-0.05, 0) is 17.5 Å². The molecule has 2 aromatic carbocycles. The van der Waals surface area contributed by atoms with Crippen LogP contribution in [0.4, 0.5) is 0 Å². The zero-order valence-corrected chi connectivity index (χ0v) is 14.7. The highest BCUT2D eigenvalue weighted by Gasteiger charge is 2.32. The van der Waals surface area contributed by atoms with E-state index in [1.807, 2.05) is 36.4 Å². The van der Waals surface area contributed by atoms with E-state index in [0.29, 0.717) is 19.8 Å². The Kier molecular flexibility index (Phi) is 7.00. The van der Waals surface area contributed by atoms with Crippen molar-refractivity contribution in [2.75, 3.05) is 13.7 Å². The predicted octanol–water partition coefficient (Wildman–Crippen LogP) is 3.94. The molecule has 0 spiro atoms. The first-order chi connectivity index (χ1) is 12.3. The number of hydrogen-bond donors (Lipinski definition) is 0. The Hall–Kier alpha value is -1.72. The first-order valence-corrected chi connectivity index (χ1v) is 8.80. The summed E-state index contributed by atoms with van der Waals surface area (Å²) < 4.78 is 23.3. The van der Waals surface area contributed by atoms with Crippen LogP contribution >= 0.6 is 0 Å². The molecule has 1 aliphatic heterocycles. The Morgan fingerprint density at radius 3 is 2.16 bits per heavy atom. The number of ether oxygens (including phenoxy) is 4. The second-order valence-electron chi connectivity index (χ2n) is 6.25. The maximum atomic E-state index is 6.14. The van der Waals surface area contributed by atoms with Gasteiger partial charge in [0.1, 0.15) is 6.10 Å². The van der Waals surface area contributed by atoms with E-state index in [1.54, 1.807) is 7.11 Å². The summed E-state index contributed by atoms with van der Waals surface area (Å²) in [6.45, 7) is 1.63. The molecular weight excluding hydrogens is 316 g/mol. The highest BCUT2D eigenvalue weighted by molar-refractivity contribution is 5.14. The normalized spacial score (nSPS) is 21.3. The fourth-order valence-electron chi connectivity index (χ4n) is 2.99. The molecule has 0 aromatic heterocycles. The molecule has 3 atom stereocenters. The molecule has 4 heteroatoms. The first kappa shape index (κ1) is 18.1. The van der Waals surface area contributed by atoms with E-state index in [4.69, 9.17) is 18.9 Å². The second-order valence-corrected chi connectivity index (χ2v) is 6.25. The van der Waals surface area contributed by atoms with E-state index in [2.05, 4.69) is 24.3 Å². The van der Waals surface area contributed by atoms with Gasteiger partial charge in [-0.15, -0.1) is 0 Å². The van der Waals surface area contributed by atoms with Gasteiger partial charge in [0.25, 0.3) is 0 Å². The van der Waals surface area contributed by atoms with E-state index in [0.717, 1.165) is 24.0 Å². The summed E-state index contributed by atoms with van der Waals surface area (Å²) >= 11 is 0. The Balaban J connectivity index is 1.54. The summed E-state index contributed by atoms with van der Waals surface area (Å²) in [6, 6.07) is 20.3. The molecule has 1 aliphatic rings. The predicted molar refractivity (Wildman–Crippen MR) is 96.0 cm³/mol. The van der Waals surface area contributed by atoms with Crippen molar-refractivity contribution in [1.29, 1.82) is 0 Å². The van der Waals surface area contributed by atoms with Crippen molar-refractivity contribution in [1.82, 2.24) is 0 Å².